The molecule has 0 bridgehead atoms. The number of benzene rings is 2. The Balaban J connectivity index is 1.43. The standard InChI is InChI=1S/C22H21FN6O/c1-15-21(16(2)29(27-15)20-9-7-19(23)8-10-20)22(30)25-11-17-3-5-18(6-4-17)12-28-14-24-13-26-28/h3-10,13-14H,11-12H2,1-2H3,(H,25,30). The maximum Gasteiger partial charge on any atom is 0.255 e. The van der Waals surface area contributed by atoms with Gasteiger partial charge in [-0.3, -0.25) is 4.79 Å². The summed E-state index contributed by atoms with van der Waals surface area (Å²) in [6, 6.07) is 14.0. The summed E-state index contributed by atoms with van der Waals surface area (Å²) < 4.78 is 16.6. The molecule has 4 rings (SSSR count). The molecule has 7 nitrogen and oxygen atoms in total. The second kappa shape index (κ2) is 8.28. The van der Waals surface area contributed by atoms with E-state index in [0.29, 0.717) is 35.7 Å². The fourth-order valence-electron chi connectivity index (χ4n) is 3.34. The van der Waals surface area contributed by atoms with Crippen molar-refractivity contribution in [2.45, 2.75) is 26.9 Å². The van der Waals surface area contributed by atoms with E-state index in [1.807, 2.05) is 31.2 Å². The zero-order valence-corrected chi connectivity index (χ0v) is 16.7. The van der Waals surface area contributed by atoms with E-state index in [1.54, 1.807) is 34.7 Å². The van der Waals surface area contributed by atoms with Gasteiger partial charge in [0.15, 0.2) is 0 Å². The number of nitrogens with one attached hydrogen (secondary N) is 1. The molecule has 1 N–H and O–H groups in total. The Morgan fingerprint density at radius 2 is 1.73 bits per heavy atom. The van der Waals surface area contributed by atoms with Crippen molar-refractivity contribution in [2.75, 3.05) is 0 Å². The fraction of sp³-hybridized carbons (Fsp3) is 0.182. The topological polar surface area (TPSA) is 77.6 Å². The first kappa shape index (κ1) is 19.5. The maximum atomic E-state index is 13.2. The largest absolute Gasteiger partial charge is 0.348 e. The van der Waals surface area contributed by atoms with E-state index in [1.165, 1.54) is 18.5 Å². The highest BCUT2D eigenvalue weighted by molar-refractivity contribution is 5.96. The van der Waals surface area contributed by atoms with Gasteiger partial charge in [0.1, 0.15) is 18.5 Å². The summed E-state index contributed by atoms with van der Waals surface area (Å²) in [6.45, 7) is 4.68. The molecule has 1 amide bonds. The van der Waals surface area contributed by atoms with Crippen molar-refractivity contribution >= 4 is 5.91 Å². The molecule has 0 saturated carbocycles. The van der Waals surface area contributed by atoms with Crippen molar-refractivity contribution in [3.8, 4) is 5.69 Å². The quantitative estimate of drug-likeness (QED) is 0.535. The van der Waals surface area contributed by atoms with Crippen LogP contribution in [-0.4, -0.2) is 30.5 Å². The fourth-order valence-corrected chi connectivity index (χ4v) is 3.34. The van der Waals surface area contributed by atoms with Crippen molar-refractivity contribution < 1.29 is 9.18 Å². The minimum Gasteiger partial charge on any atom is -0.348 e. The van der Waals surface area contributed by atoms with Crippen LogP contribution in [0.1, 0.15) is 32.9 Å². The summed E-state index contributed by atoms with van der Waals surface area (Å²) in [5.74, 6) is -0.504. The molecule has 0 aliphatic heterocycles. The zero-order chi connectivity index (χ0) is 21.1. The Hall–Kier alpha value is -3.81. The molecular weight excluding hydrogens is 383 g/mol. The van der Waals surface area contributed by atoms with Crippen LogP contribution >= 0.6 is 0 Å². The van der Waals surface area contributed by atoms with Crippen LogP contribution < -0.4 is 5.32 Å². The number of carbonyl (C=O) groups is 1. The van der Waals surface area contributed by atoms with Crippen LogP contribution in [0.15, 0.2) is 61.2 Å². The lowest BCUT2D eigenvalue weighted by Gasteiger charge is -2.08. The SMILES string of the molecule is Cc1nn(-c2ccc(F)cc2)c(C)c1C(=O)NCc1ccc(Cn2cncn2)cc1. The van der Waals surface area contributed by atoms with E-state index in [2.05, 4.69) is 20.5 Å². The van der Waals surface area contributed by atoms with Crippen LogP contribution in [0.2, 0.25) is 0 Å². The second-order valence-corrected chi connectivity index (χ2v) is 7.03. The molecule has 0 unspecified atom stereocenters. The molecule has 0 fully saturated rings. The van der Waals surface area contributed by atoms with Crippen LogP contribution in [0.3, 0.4) is 0 Å². The van der Waals surface area contributed by atoms with Gasteiger partial charge < -0.3 is 5.32 Å². The summed E-state index contributed by atoms with van der Waals surface area (Å²) in [5.41, 5.74) is 4.66. The summed E-state index contributed by atoms with van der Waals surface area (Å²) in [4.78, 5) is 16.7. The van der Waals surface area contributed by atoms with E-state index in [9.17, 15) is 9.18 Å². The number of aromatic nitrogens is 5. The Bertz CT molecular complexity index is 1150. The monoisotopic (exact) mass is 404 g/mol. The molecule has 4 aromatic rings. The van der Waals surface area contributed by atoms with Gasteiger partial charge >= 0.3 is 0 Å². The van der Waals surface area contributed by atoms with Gasteiger partial charge in [0.2, 0.25) is 0 Å². The average molecular weight is 404 g/mol. The molecule has 2 heterocycles. The molecule has 0 saturated heterocycles. The zero-order valence-electron chi connectivity index (χ0n) is 16.7. The number of hydrogen-bond acceptors (Lipinski definition) is 4. The normalized spacial score (nSPS) is 10.9. The predicted octanol–water partition coefficient (Wildman–Crippen LogP) is 3.20. The van der Waals surface area contributed by atoms with Crippen molar-refractivity contribution in [1.82, 2.24) is 29.9 Å². The number of aryl methyl sites for hydroxylation is 1. The molecule has 0 spiro atoms. The number of hydrogen-bond donors (Lipinski definition) is 1. The molecule has 0 radical (unpaired) electrons. The highest BCUT2D eigenvalue weighted by Crippen LogP contribution is 2.18. The van der Waals surface area contributed by atoms with E-state index in [4.69, 9.17) is 0 Å². The van der Waals surface area contributed by atoms with Crippen molar-refractivity contribution in [1.29, 1.82) is 0 Å². The van der Waals surface area contributed by atoms with Gasteiger partial charge in [-0.05, 0) is 49.2 Å². The average Bonchev–Trinajstić information content (AvgIpc) is 3.35. The number of rotatable bonds is 6. The molecule has 152 valence electrons. The Labute approximate surface area is 173 Å². The Morgan fingerprint density at radius 1 is 1.03 bits per heavy atom. The first-order valence-electron chi connectivity index (χ1n) is 9.52. The van der Waals surface area contributed by atoms with Crippen molar-refractivity contribution in [3.05, 3.63) is 95.1 Å². The van der Waals surface area contributed by atoms with Crippen LogP contribution in [0.5, 0.6) is 0 Å². The first-order chi connectivity index (χ1) is 14.5. The highest BCUT2D eigenvalue weighted by atomic mass is 19.1. The van der Waals surface area contributed by atoms with E-state index < -0.39 is 0 Å². The molecule has 2 aromatic carbocycles. The third-order valence-corrected chi connectivity index (χ3v) is 4.88. The molecule has 0 aliphatic carbocycles. The number of nitrogens with zero attached hydrogens (tertiary/aromatic N) is 5. The summed E-state index contributed by atoms with van der Waals surface area (Å²) in [6.07, 6.45) is 3.18. The van der Waals surface area contributed by atoms with E-state index in [-0.39, 0.29) is 11.7 Å². The third kappa shape index (κ3) is 4.12. The maximum absolute atomic E-state index is 13.2. The summed E-state index contributed by atoms with van der Waals surface area (Å²) in [5, 5.41) is 11.5. The van der Waals surface area contributed by atoms with Crippen LogP contribution in [0, 0.1) is 19.7 Å². The minimum absolute atomic E-state index is 0.190. The van der Waals surface area contributed by atoms with Gasteiger partial charge in [-0.1, -0.05) is 24.3 Å². The Morgan fingerprint density at radius 3 is 2.40 bits per heavy atom. The van der Waals surface area contributed by atoms with Crippen molar-refractivity contribution in [3.63, 3.8) is 0 Å². The van der Waals surface area contributed by atoms with Gasteiger partial charge in [-0.2, -0.15) is 10.2 Å². The highest BCUT2D eigenvalue weighted by Gasteiger charge is 2.19. The lowest BCUT2D eigenvalue weighted by Crippen LogP contribution is -2.24. The second-order valence-electron chi connectivity index (χ2n) is 7.03. The van der Waals surface area contributed by atoms with Gasteiger partial charge in [-0.25, -0.2) is 18.7 Å². The lowest BCUT2D eigenvalue weighted by molar-refractivity contribution is 0.0949. The van der Waals surface area contributed by atoms with Crippen LogP contribution in [0.4, 0.5) is 4.39 Å². The number of amides is 1. The van der Waals surface area contributed by atoms with Crippen LogP contribution in [-0.2, 0) is 13.1 Å². The minimum atomic E-state index is -0.314. The van der Waals surface area contributed by atoms with E-state index in [0.717, 1.165) is 11.1 Å². The van der Waals surface area contributed by atoms with E-state index >= 15 is 0 Å². The number of carbonyl (C=O) groups excluding carboxylic acids is 1. The van der Waals surface area contributed by atoms with Gasteiger partial charge in [0.05, 0.1) is 29.2 Å². The van der Waals surface area contributed by atoms with Gasteiger partial charge in [0, 0.05) is 6.54 Å². The molecule has 0 atom stereocenters. The smallest absolute Gasteiger partial charge is 0.255 e. The number of halogens is 1. The summed E-state index contributed by atoms with van der Waals surface area (Å²) >= 11 is 0. The lowest BCUT2D eigenvalue weighted by atomic mass is 10.1. The Kier molecular flexibility index (Phi) is 5.38. The summed E-state index contributed by atoms with van der Waals surface area (Å²) in [7, 11) is 0. The molecule has 30 heavy (non-hydrogen) atoms. The molecule has 8 heteroatoms. The predicted molar refractivity (Wildman–Crippen MR) is 110 cm³/mol. The first-order valence-corrected chi connectivity index (χ1v) is 9.52. The molecule has 2 aromatic heterocycles. The van der Waals surface area contributed by atoms with Gasteiger partial charge in [-0.15, -0.1) is 0 Å². The van der Waals surface area contributed by atoms with Crippen molar-refractivity contribution in [2.24, 2.45) is 0 Å². The van der Waals surface area contributed by atoms with Gasteiger partial charge in [0.25, 0.3) is 5.91 Å². The molecular formula is C22H21FN6O. The van der Waals surface area contributed by atoms with Crippen LogP contribution in [0.25, 0.3) is 5.69 Å². The molecule has 0 aliphatic rings. The third-order valence-electron chi connectivity index (χ3n) is 4.88.